The van der Waals surface area contributed by atoms with Crippen molar-refractivity contribution in [2.45, 2.75) is 43.3 Å². The Morgan fingerprint density at radius 1 is 1.16 bits per heavy atom. The molecule has 3 aromatic rings. The molecular formula is C27H27F3N4O2S. The van der Waals surface area contributed by atoms with Gasteiger partial charge in [0.2, 0.25) is 5.91 Å². The number of H-pyrrole nitrogens is 1. The molecule has 2 N–H and O–H groups in total. The quantitative estimate of drug-likeness (QED) is 0.426. The molecule has 1 saturated heterocycles. The Morgan fingerprint density at radius 3 is 2.62 bits per heavy atom. The van der Waals surface area contributed by atoms with Crippen molar-refractivity contribution in [3.05, 3.63) is 71.4 Å². The first-order valence-corrected chi connectivity index (χ1v) is 13.1. The number of benzene rings is 2. The molecule has 0 radical (unpaired) electrons. The van der Waals surface area contributed by atoms with Gasteiger partial charge < -0.3 is 10.2 Å². The van der Waals surface area contributed by atoms with Gasteiger partial charge >= 0.3 is 6.18 Å². The Bertz CT molecular complexity index is 1300. The van der Waals surface area contributed by atoms with Gasteiger partial charge in [-0.25, -0.2) is 0 Å². The number of nitrogens with one attached hydrogen (secondary N) is 2. The van der Waals surface area contributed by atoms with Crippen molar-refractivity contribution in [2.75, 3.05) is 18.8 Å². The summed E-state index contributed by atoms with van der Waals surface area (Å²) in [7, 11) is 0. The average molecular weight is 529 g/mol. The number of carbonyl (C=O) groups is 2. The van der Waals surface area contributed by atoms with E-state index in [4.69, 9.17) is 0 Å². The Morgan fingerprint density at radius 2 is 1.89 bits per heavy atom. The third-order valence-corrected chi connectivity index (χ3v) is 8.17. The van der Waals surface area contributed by atoms with Gasteiger partial charge in [-0.2, -0.15) is 18.3 Å². The predicted molar refractivity (Wildman–Crippen MR) is 135 cm³/mol. The van der Waals surface area contributed by atoms with Crippen molar-refractivity contribution in [2.24, 2.45) is 5.41 Å². The van der Waals surface area contributed by atoms with Gasteiger partial charge in [0.25, 0.3) is 5.91 Å². The molecule has 1 aliphatic heterocycles. The van der Waals surface area contributed by atoms with Crippen LogP contribution in [0.3, 0.4) is 0 Å². The van der Waals surface area contributed by atoms with Crippen LogP contribution >= 0.6 is 11.8 Å². The van der Waals surface area contributed by atoms with Crippen LogP contribution in [0.2, 0.25) is 0 Å². The summed E-state index contributed by atoms with van der Waals surface area (Å²) >= 11 is 1.51. The number of likely N-dealkylation sites (tertiary alicyclic amines) is 1. The van der Waals surface area contributed by atoms with E-state index in [1.54, 1.807) is 4.90 Å². The number of carbonyl (C=O) groups excluding carboxylic acids is 2. The van der Waals surface area contributed by atoms with E-state index >= 15 is 0 Å². The van der Waals surface area contributed by atoms with Crippen molar-refractivity contribution in [3.8, 4) is 11.3 Å². The van der Waals surface area contributed by atoms with E-state index in [9.17, 15) is 22.8 Å². The average Bonchev–Trinajstić information content (AvgIpc) is 3.51. The zero-order valence-corrected chi connectivity index (χ0v) is 21.1. The SMILES string of the molecule is Cc1ccc(SCC(=O)NC2CC3(CCN(C(=O)c4cc(-c5ccccc5C(F)(F)F)n[nH]4)C3)C2)cc1. The summed E-state index contributed by atoms with van der Waals surface area (Å²) in [6.07, 6.45) is -2.06. The van der Waals surface area contributed by atoms with Gasteiger partial charge in [-0.05, 0) is 55.9 Å². The molecule has 0 unspecified atom stereocenters. The summed E-state index contributed by atoms with van der Waals surface area (Å²) in [5.74, 6) is 0.0825. The summed E-state index contributed by atoms with van der Waals surface area (Å²) in [4.78, 5) is 28.2. The molecule has 37 heavy (non-hydrogen) atoms. The van der Waals surface area contributed by atoms with E-state index in [1.165, 1.54) is 41.6 Å². The lowest BCUT2D eigenvalue weighted by molar-refractivity contribution is -0.137. The minimum absolute atomic E-state index is 0.000446. The van der Waals surface area contributed by atoms with Crippen LogP contribution in [0.4, 0.5) is 13.2 Å². The Hall–Kier alpha value is -3.27. The van der Waals surface area contributed by atoms with E-state index in [1.807, 2.05) is 31.2 Å². The van der Waals surface area contributed by atoms with Crippen LogP contribution in [0.25, 0.3) is 11.3 Å². The number of hydrogen-bond donors (Lipinski definition) is 2. The van der Waals surface area contributed by atoms with E-state index < -0.39 is 11.7 Å². The van der Waals surface area contributed by atoms with E-state index in [2.05, 4.69) is 15.5 Å². The number of hydrogen-bond acceptors (Lipinski definition) is 4. The third kappa shape index (κ3) is 5.53. The van der Waals surface area contributed by atoms with Gasteiger partial charge in [0, 0.05) is 29.6 Å². The molecule has 194 valence electrons. The van der Waals surface area contributed by atoms with Gasteiger partial charge in [-0.15, -0.1) is 11.8 Å². The molecular weight excluding hydrogens is 501 g/mol. The molecule has 5 rings (SSSR count). The number of halogens is 3. The Kier molecular flexibility index (Phi) is 6.78. The number of thioether (sulfide) groups is 1. The number of alkyl halides is 3. The number of aromatic nitrogens is 2. The Labute approximate surface area is 217 Å². The number of aryl methyl sites for hydroxylation is 1. The predicted octanol–water partition coefficient (Wildman–Crippen LogP) is 5.31. The first-order valence-electron chi connectivity index (χ1n) is 12.1. The number of aromatic amines is 1. The Balaban J connectivity index is 1.13. The monoisotopic (exact) mass is 528 g/mol. The standard InChI is InChI=1S/C27H27F3N4O2S/c1-17-6-8-19(9-7-17)37-15-24(35)31-18-13-26(14-18)10-11-34(16-26)25(36)23-12-22(32-33-23)20-4-2-3-5-21(20)27(28,29)30/h2-9,12,18H,10-11,13-16H2,1H3,(H,31,35)(H,32,33). The zero-order valence-electron chi connectivity index (χ0n) is 20.3. The number of amides is 2. The first-order chi connectivity index (χ1) is 17.6. The fourth-order valence-electron chi connectivity index (χ4n) is 5.28. The second-order valence-corrected chi connectivity index (χ2v) is 11.0. The molecule has 2 aromatic carbocycles. The van der Waals surface area contributed by atoms with Crippen molar-refractivity contribution in [1.29, 1.82) is 0 Å². The smallest absolute Gasteiger partial charge is 0.353 e. The second kappa shape index (κ2) is 9.89. The minimum atomic E-state index is -4.52. The second-order valence-electron chi connectivity index (χ2n) is 9.96. The molecule has 6 nitrogen and oxygen atoms in total. The number of rotatable bonds is 6. The van der Waals surface area contributed by atoms with Crippen LogP contribution in [-0.4, -0.2) is 51.8 Å². The molecule has 2 aliphatic rings. The lowest BCUT2D eigenvalue weighted by Gasteiger charge is -2.45. The van der Waals surface area contributed by atoms with Crippen molar-refractivity contribution in [1.82, 2.24) is 20.4 Å². The molecule has 1 saturated carbocycles. The van der Waals surface area contributed by atoms with E-state index in [0.717, 1.165) is 30.2 Å². The highest BCUT2D eigenvalue weighted by atomic mass is 32.2. The fraction of sp³-hybridized carbons (Fsp3) is 0.370. The molecule has 2 amide bonds. The maximum absolute atomic E-state index is 13.4. The molecule has 1 aromatic heterocycles. The topological polar surface area (TPSA) is 78.1 Å². The fourth-order valence-corrected chi connectivity index (χ4v) is 5.98. The van der Waals surface area contributed by atoms with Crippen molar-refractivity contribution in [3.63, 3.8) is 0 Å². The minimum Gasteiger partial charge on any atom is -0.353 e. The van der Waals surface area contributed by atoms with Crippen LogP contribution in [0.5, 0.6) is 0 Å². The molecule has 1 spiro atoms. The van der Waals surface area contributed by atoms with Gasteiger partial charge in [0.1, 0.15) is 5.69 Å². The lowest BCUT2D eigenvalue weighted by Crippen LogP contribution is -2.52. The van der Waals surface area contributed by atoms with Crippen LogP contribution in [-0.2, 0) is 11.0 Å². The summed E-state index contributed by atoms with van der Waals surface area (Å²) in [5, 5.41) is 9.70. The van der Waals surface area contributed by atoms with Crippen LogP contribution < -0.4 is 5.32 Å². The van der Waals surface area contributed by atoms with Gasteiger partial charge in [-0.1, -0.05) is 35.9 Å². The maximum Gasteiger partial charge on any atom is 0.417 e. The highest BCUT2D eigenvalue weighted by Crippen LogP contribution is 2.48. The largest absolute Gasteiger partial charge is 0.417 e. The summed E-state index contributed by atoms with van der Waals surface area (Å²) in [5.41, 5.74) is 0.546. The maximum atomic E-state index is 13.4. The van der Waals surface area contributed by atoms with Crippen molar-refractivity contribution >= 4 is 23.6 Å². The van der Waals surface area contributed by atoms with Gasteiger partial charge in [0.05, 0.1) is 17.0 Å². The molecule has 0 bridgehead atoms. The highest BCUT2D eigenvalue weighted by Gasteiger charge is 2.50. The summed E-state index contributed by atoms with van der Waals surface area (Å²) in [6, 6.07) is 14.7. The highest BCUT2D eigenvalue weighted by molar-refractivity contribution is 8.00. The van der Waals surface area contributed by atoms with Crippen LogP contribution in [0.15, 0.2) is 59.5 Å². The molecule has 10 heteroatoms. The third-order valence-electron chi connectivity index (χ3n) is 7.16. The summed E-state index contributed by atoms with van der Waals surface area (Å²) < 4.78 is 40.1. The molecule has 1 aliphatic carbocycles. The number of nitrogens with zero attached hydrogens (tertiary/aromatic N) is 2. The van der Waals surface area contributed by atoms with Crippen molar-refractivity contribution < 1.29 is 22.8 Å². The van der Waals surface area contributed by atoms with E-state index in [0.29, 0.717) is 18.8 Å². The molecule has 2 fully saturated rings. The van der Waals surface area contributed by atoms with Gasteiger partial charge in [-0.3, -0.25) is 14.7 Å². The molecule has 0 atom stereocenters. The lowest BCUT2D eigenvalue weighted by atomic mass is 9.65. The van der Waals surface area contributed by atoms with Gasteiger partial charge in [0.15, 0.2) is 0 Å². The van der Waals surface area contributed by atoms with Crippen LogP contribution in [0.1, 0.15) is 40.9 Å². The normalized spacial score (nSPS) is 21.2. The first kappa shape index (κ1) is 25.4. The van der Waals surface area contributed by atoms with Crippen LogP contribution in [0, 0.1) is 12.3 Å². The van der Waals surface area contributed by atoms with E-state index in [-0.39, 0.29) is 40.2 Å². The summed E-state index contributed by atoms with van der Waals surface area (Å²) in [6.45, 7) is 3.15. The molecule has 2 heterocycles. The zero-order chi connectivity index (χ0) is 26.2.